The molecule has 0 spiro atoms. The van der Waals surface area contributed by atoms with E-state index in [1.807, 2.05) is 6.07 Å². The molecule has 0 aliphatic heterocycles. The molecule has 0 saturated heterocycles. The van der Waals surface area contributed by atoms with Gasteiger partial charge in [-0.2, -0.15) is 0 Å². The molecule has 18 heavy (non-hydrogen) atoms. The topological polar surface area (TPSA) is 87.1 Å². The number of nitrogens with zero attached hydrogens (tertiary/aromatic N) is 2. The highest BCUT2D eigenvalue weighted by atomic mass is 16.4. The fourth-order valence-electron chi connectivity index (χ4n) is 2.11. The van der Waals surface area contributed by atoms with E-state index in [1.54, 1.807) is 0 Å². The Morgan fingerprint density at radius 2 is 2.06 bits per heavy atom. The Hall–Kier alpha value is -1.85. The number of carboxylic acids is 1. The lowest BCUT2D eigenvalue weighted by Crippen LogP contribution is -2.16. The van der Waals surface area contributed by atoms with Crippen LogP contribution in [0.5, 0.6) is 0 Å². The van der Waals surface area contributed by atoms with Crippen LogP contribution in [0.4, 0.5) is 11.6 Å². The van der Waals surface area contributed by atoms with Crippen molar-refractivity contribution in [3.05, 3.63) is 12.4 Å². The second-order valence-corrected chi connectivity index (χ2v) is 4.48. The lowest BCUT2D eigenvalue weighted by atomic mass is 10.2. The molecule has 0 atom stereocenters. The number of rotatable bonds is 6. The minimum absolute atomic E-state index is 0.0788. The van der Waals surface area contributed by atoms with Crippen LogP contribution < -0.4 is 10.6 Å². The molecular formula is C12H18N4O2. The molecule has 1 fully saturated rings. The molecule has 2 rings (SSSR count). The molecule has 1 aliphatic carbocycles. The number of carboxylic acid groups (broad SMARTS) is 1. The molecular weight excluding hydrogens is 232 g/mol. The summed E-state index contributed by atoms with van der Waals surface area (Å²) in [5.41, 5.74) is 0. The molecule has 98 valence electrons. The van der Waals surface area contributed by atoms with Gasteiger partial charge in [-0.3, -0.25) is 4.79 Å². The van der Waals surface area contributed by atoms with Crippen LogP contribution in [-0.4, -0.2) is 33.6 Å². The highest BCUT2D eigenvalue weighted by Crippen LogP contribution is 2.21. The van der Waals surface area contributed by atoms with Gasteiger partial charge in [-0.25, -0.2) is 9.97 Å². The van der Waals surface area contributed by atoms with E-state index in [1.165, 1.54) is 32.0 Å². The summed E-state index contributed by atoms with van der Waals surface area (Å²) in [7, 11) is 0. The highest BCUT2D eigenvalue weighted by molar-refractivity contribution is 5.67. The van der Waals surface area contributed by atoms with Crippen molar-refractivity contribution in [2.45, 2.75) is 38.1 Å². The third-order valence-electron chi connectivity index (χ3n) is 3.02. The minimum atomic E-state index is -0.819. The van der Waals surface area contributed by atoms with E-state index in [9.17, 15) is 4.79 Å². The first-order valence-electron chi connectivity index (χ1n) is 6.28. The number of carbonyl (C=O) groups is 1. The number of aromatic nitrogens is 2. The third kappa shape index (κ3) is 3.87. The molecule has 0 amide bonds. The Morgan fingerprint density at radius 1 is 1.33 bits per heavy atom. The summed E-state index contributed by atoms with van der Waals surface area (Å²) in [5.74, 6) is 0.641. The van der Waals surface area contributed by atoms with Gasteiger partial charge in [0.25, 0.3) is 0 Å². The summed E-state index contributed by atoms with van der Waals surface area (Å²) in [6.07, 6.45) is 6.48. The number of hydrogen-bond donors (Lipinski definition) is 3. The lowest BCUT2D eigenvalue weighted by Gasteiger charge is -2.13. The van der Waals surface area contributed by atoms with Gasteiger partial charge < -0.3 is 15.7 Å². The molecule has 0 unspecified atom stereocenters. The summed E-state index contributed by atoms with van der Waals surface area (Å²) in [6.45, 7) is 0.370. The number of aliphatic carboxylic acids is 1. The Kier molecular flexibility index (Phi) is 4.33. The van der Waals surface area contributed by atoms with Gasteiger partial charge >= 0.3 is 5.97 Å². The molecule has 6 nitrogen and oxygen atoms in total. The summed E-state index contributed by atoms with van der Waals surface area (Å²) in [5, 5.41) is 14.9. The average molecular weight is 250 g/mol. The maximum atomic E-state index is 10.4. The van der Waals surface area contributed by atoms with Crippen LogP contribution in [0.1, 0.15) is 32.1 Å². The molecule has 6 heteroatoms. The molecule has 1 aliphatic rings. The normalized spacial score (nSPS) is 15.6. The summed E-state index contributed by atoms with van der Waals surface area (Å²) in [6, 6.07) is 2.33. The van der Waals surface area contributed by atoms with Crippen LogP contribution in [0.3, 0.4) is 0 Å². The second-order valence-electron chi connectivity index (χ2n) is 4.48. The van der Waals surface area contributed by atoms with E-state index < -0.39 is 5.97 Å². The quantitative estimate of drug-likeness (QED) is 0.712. The van der Waals surface area contributed by atoms with E-state index in [-0.39, 0.29) is 6.42 Å². The predicted molar refractivity (Wildman–Crippen MR) is 68.7 cm³/mol. The first-order chi connectivity index (χ1) is 8.74. The van der Waals surface area contributed by atoms with Crippen molar-refractivity contribution >= 4 is 17.6 Å². The first kappa shape index (κ1) is 12.6. The van der Waals surface area contributed by atoms with Gasteiger partial charge in [0.1, 0.15) is 18.0 Å². The monoisotopic (exact) mass is 250 g/mol. The summed E-state index contributed by atoms with van der Waals surface area (Å²) >= 11 is 0. The van der Waals surface area contributed by atoms with Gasteiger partial charge in [0.15, 0.2) is 0 Å². The van der Waals surface area contributed by atoms with Crippen molar-refractivity contribution in [3.8, 4) is 0 Å². The van der Waals surface area contributed by atoms with Crippen molar-refractivity contribution < 1.29 is 9.90 Å². The van der Waals surface area contributed by atoms with Gasteiger partial charge in [-0.1, -0.05) is 12.8 Å². The molecule has 0 radical (unpaired) electrons. The molecule has 1 aromatic heterocycles. The van der Waals surface area contributed by atoms with E-state index in [2.05, 4.69) is 20.6 Å². The average Bonchev–Trinajstić information content (AvgIpc) is 2.82. The molecule has 1 saturated carbocycles. The molecule has 1 heterocycles. The Balaban J connectivity index is 1.86. The lowest BCUT2D eigenvalue weighted by molar-refractivity contribution is -0.136. The van der Waals surface area contributed by atoms with Crippen LogP contribution in [0.2, 0.25) is 0 Å². The SMILES string of the molecule is O=C(O)CCNc1cc(NC2CCCC2)ncn1. The van der Waals surface area contributed by atoms with Crippen LogP contribution in [0.15, 0.2) is 12.4 Å². The van der Waals surface area contributed by atoms with E-state index in [4.69, 9.17) is 5.11 Å². The van der Waals surface area contributed by atoms with Gasteiger partial charge in [-0.15, -0.1) is 0 Å². The zero-order valence-electron chi connectivity index (χ0n) is 10.2. The Labute approximate surface area is 106 Å². The van der Waals surface area contributed by atoms with E-state index in [0.29, 0.717) is 18.4 Å². The highest BCUT2D eigenvalue weighted by Gasteiger charge is 2.14. The smallest absolute Gasteiger partial charge is 0.305 e. The standard InChI is InChI=1S/C12H18N4O2/c17-12(18)5-6-13-10-7-11(15-8-14-10)16-9-3-1-2-4-9/h7-9H,1-6H2,(H,17,18)(H2,13,14,15,16). The third-order valence-corrected chi connectivity index (χ3v) is 3.02. The zero-order chi connectivity index (χ0) is 12.8. The maximum Gasteiger partial charge on any atom is 0.305 e. The van der Waals surface area contributed by atoms with Crippen LogP contribution in [-0.2, 0) is 4.79 Å². The molecule has 1 aromatic rings. The molecule has 0 bridgehead atoms. The van der Waals surface area contributed by atoms with Gasteiger partial charge in [-0.05, 0) is 12.8 Å². The number of anilines is 2. The predicted octanol–water partition coefficient (Wildman–Crippen LogP) is 1.72. The largest absolute Gasteiger partial charge is 0.481 e. The van der Waals surface area contributed by atoms with E-state index >= 15 is 0 Å². The summed E-state index contributed by atoms with van der Waals surface area (Å²) in [4.78, 5) is 18.6. The number of hydrogen-bond acceptors (Lipinski definition) is 5. The second kappa shape index (κ2) is 6.18. The zero-order valence-corrected chi connectivity index (χ0v) is 10.2. The minimum Gasteiger partial charge on any atom is -0.481 e. The van der Waals surface area contributed by atoms with Gasteiger partial charge in [0, 0.05) is 18.7 Å². The van der Waals surface area contributed by atoms with Gasteiger partial charge in [0.05, 0.1) is 6.42 Å². The molecule has 0 aromatic carbocycles. The number of nitrogens with one attached hydrogen (secondary N) is 2. The van der Waals surface area contributed by atoms with Crippen molar-refractivity contribution in [3.63, 3.8) is 0 Å². The summed E-state index contributed by atoms with van der Waals surface area (Å²) < 4.78 is 0. The van der Waals surface area contributed by atoms with Crippen LogP contribution in [0.25, 0.3) is 0 Å². The fourth-order valence-corrected chi connectivity index (χ4v) is 2.11. The van der Waals surface area contributed by atoms with Crippen LogP contribution in [0, 0.1) is 0 Å². The van der Waals surface area contributed by atoms with Crippen molar-refractivity contribution in [1.29, 1.82) is 0 Å². The van der Waals surface area contributed by atoms with Crippen molar-refractivity contribution in [2.24, 2.45) is 0 Å². The van der Waals surface area contributed by atoms with Crippen LogP contribution >= 0.6 is 0 Å². The van der Waals surface area contributed by atoms with Crippen molar-refractivity contribution in [1.82, 2.24) is 9.97 Å². The molecule has 3 N–H and O–H groups in total. The Morgan fingerprint density at radius 3 is 2.78 bits per heavy atom. The fraction of sp³-hybridized carbons (Fsp3) is 0.583. The van der Waals surface area contributed by atoms with Gasteiger partial charge in [0.2, 0.25) is 0 Å². The Bertz CT molecular complexity index is 405. The van der Waals surface area contributed by atoms with Crippen molar-refractivity contribution in [2.75, 3.05) is 17.2 Å². The first-order valence-corrected chi connectivity index (χ1v) is 6.28. The van der Waals surface area contributed by atoms with E-state index in [0.717, 1.165) is 5.82 Å². The maximum absolute atomic E-state index is 10.4.